The van der Waals surface area contributed by atoms with E-state index in [1.54, 1.807) is 0 Å². The van der Waals surface area contributed by atoms with Crippen LogP contribution in [0.2, 0.25) is 0 Å². The van der Waals surface area contributed by atoms with Gasteiger partial charge in [0.15, 0.2) is 0 Å². The zero-order valence-electron chi connectivity index (χ0n) is 16.5. The first-order chi connectivity index (χ1) is 13.1. The Hall–Kier alpha value is -1.89. The van der Waals surface area contributed by atoms with Crippen molar-refractivity contribution in [2.24, 2.45) is 7.05 Å². The number of hydrogen-bond acceptors (Lipinski definition) is 5. The van der Waals surface area contributed by atoms with Crippen LogP contribution in [0.4, 0.5) is 0 Å². The zero-order chi connectivity index (χ0) is 19.1. The van der Waals surface area contributed by atoms with E-state index in [-0.39, 0.29) is 0 Å². The Morgan fingerprint density at radius 2 is 1.89 bits per heavy atom. The highest BCUT2D eigenvalue weighted by molar-refractivity contribution is 5.27. The summed E-state index contributed by atoms with van der Waals surface area (Å²) in [6, 6.07) is 10.1. The first-order valence-corrected chi connectivity index (χ1v) is 9.92. The molecular weight excluding hydrogens is 340 g/mol. The van der Waals surface area contributed by atoms with Gasteiger partial charge in [0.05, 0.1) is 5.69 Å². The van der Waals surface area contributed by atoms with Gasteiger partial charge in [-0.2, -0.15) is 5.10 Å². The van der Waals surface area contributed by atoms with Gasteiger partial charge in [-0.15, -0.1) is 0 Å². The molecule has 6 nitrogen and oxygen atoms in total. The van der Waals surface area contributed by atoms with E-state index < -0.39 is 6.10 Å². The van der Waals surface area contributed by atoms with E-state index in [2.05, 4.69) is 40.4 Å². The Labute approximate surface area is 162 Å². The second-order valence-electron chi connectivity index (χ2n) is 7.47. The molecule has 0 radical (unpaired) electrons. The maximum absolute atomic E-state index is 10.2. The van der Waals surface area contributed by atoms with Crippen molar-refractivity contribution in [3.63, 3.8) is 0 Å². The number of nitrogens with one attached hydrogen (secondary N) is 1. The van der Waals surface area contributed by atoms with Crippen LogP contribution in [-0.2, 0) is 20.1 Å². The van der Waals surface area contributed by atoms with Gasteiger partial charge in [-0.3, -0.25) is 4.68 Å². The van der Waals surface area contributed by atoms with Gasteiger partial charge in [-0.25, -0.2) is 0 Å². The lowest BCUT2D eigenvalue weighted by Gasteiger charge is -2.28. The second kappa shape index (κ2) is 9.88. The topological polar surface area (TPSA) is 62.5 Å². The second-order valence-corrected chi connectivity index (χ2v) is 7.47. The normalized spacial score (nSPS) is 16.4. The molecule has 2 N–H and O–H groups in total. The predicted molar refractivity (Wildman–Crippen MR) is 107 cm³/mol. The first-order valence-electron chi connectivity index (χ1n) is 9.92. The molecule has 0 spiro atoms. The number of β-amino-alcohol motifs (C(OH)–C–C–N with tert-alkyl or cyclic N) is 1. The van der Waals surface area contributed by atoms with Crippen LogP contribution in [0.1, 0.15) is 36.2 Å². The van der Waals surface area contributed by atoms with Crippen LogP contribution >= 0.6 is 0 Å². The molecule has 1 aromatic heterocycles. The summed E-state index contributed by atoms with van der Waals surface area (Å²) in [5, 5.41) is 18.0. The van der Waals surface area contributed by atoms with Crippen LogP contribution in [0.15, 0.2) is 30.3 Å². The molecule has 6 heteroatoms. The monoisotopic (exact) mass is 372 g/mol. The third-order valence-corrected chi connectivity index (χ3v) is 5.08. The van der Waals surface area contributed by atoms with Crippen LogP contribution in [0.5, 0.6) is 5.75 Å². The third-order valence-electron chi connectivity index (χ3n) is 5.08. The average Bonchev–Trinajstić information content (AvgIpc) is 2.99. The van der Waals surface area contributed by atoms with Crippen molar-refractivity contribution < 1.29 is 9.84 Å². The SMILES string of the molecule is Cc1cc(CNCc2ccc(OC[C@@H](O)CN3CCCCC3)cc2)nn1C. The van der Waals surface area contributed by atoms with Crippen LogP contribution < -0.4 is 10.1 Å². The van der Waals surface area contributed by atoms with Crippen LogP contribution in [0.3, 0.4) is 0 Å². The molecule has 0 amide bonds. The Morgan fingerprint density at radius 1 is 1.15 bits per heavy atom. The number of ether oxygens (including phenoxy) is 1. The van der Waals surface area contributed by atoms with Gasteiger partial charge in [0.2, 0.25) is 0 Å². The Bertz CT molecular complexity index is 673. The summed E-state index contributed by atoms with van der Waals surface area (Å²) in [7, 11) is 1.96. The molecule has 1 saturated heterocycles. The number of aliphatic hydroxyl groups excluding tert-OH is 1. The van der Waals surface area contributed by atoms with E-state index in [0.717, 1.165) is 43.3 Å². The molecule has 1 fully saturated rings. The van der Waals surface area contributed by atoms with E-state index in [1.807, 2.05) is 23.9 Å². The molecule has 1 aliphatic heterocycles. The van der Waals surface area contributed by atoms with Crippen molar-refractivity contribution in [2.45, 2.75) is 45.4 Å². The summed E-state index contributed by atoms with van der Waals surface area (Å²) in [5.41, 5.74) is 3.41. The lowest BCUT2D eigenvalue weighted by Crippen LogP contribution is -2.38. The molecule has 0 saturated carbocycles. The number of likely N-dealkylation sites (tertiary alicyclic amines) is 1. The maximum Gasteiger partial charge on any atom is 0.119 e. The van der Waals surface area contributed by atoms with Crippen molar-refractivity contribution in [1.82, 2.24) is 20.0 Å². The summed E-state index contributed by atoms with van der Waals surface area (Å²) in [6.07, 6.45) is 3.35. The number of benzene rings is 1. The molecule has 2 heterocycles. The number of hydrogen-bond donors (Lipinski definition) is 2. The van der Waals surface area contributed by atoms with Crippen molar-refractivity contribution in [3.8, 4) is 5.75 Å². The number of nitrogens with zero attached hydrogens (tertiary/aromatic N) is 3. The lowest BCUT2D eigenvalue weighted by molar-refractivity contribution is 0.0617. The molecular formula is C21H32N4O2. The fraction of sp³-hybridized carbons (Fsp3) is 0.571. The van der Waals surface area contributed by atoms with Crippen molar-refractivity contribution >= 4 is 0 Å². The number of aromatic nitrogens is 2. The van der Waals surface area contributed by atoms with Gasteiger partial charge >= 0.3 is 0 Å². The van der Waals surface area contributed by atoms with E-state index in [1.165, 1.54) is 24.8 Å². The smallest absolute Gasteiger partial charge is 0.119 e. The van der Waals surface area contributed by atoms with Crippen LogP contribution in [0, 0.1) is 6.92 Å². The molecule has 1 aromatic carbocycles. The number of aryl methyl sites for hydroxylation is 2. The zero-order valence-corrected chi connectivity index (χ0v) is 16.5. The largest absolute Gasteiger partial charge is 0.491 e. The minimum Gasteiger partial charge on any atom is -0.491 e. The summed E-state index contributed by atoms with van der Waals surface area (Å²) in [4.78, 5) is 2.33. The molecule has 0 unspecified atom stereocenters. The number of aliphatic hydroxyl groups is 1. The summed E-state index contributed by atoms with van der Waals surface area (Å²) >= 11 is 0. The number of rotatable bonds is 9. The summed E-state index contributed by atoms with van der Waals surface area (Å²) < 4.78 is 7.64. The van der Waals surface area contributed by atoms with Gasteiger partial charge in [0.1, 0.15) is 18.5 Å². The van der Waals surface area contributed by atoms with Gasteiger partial charge in [-0.05, 0) is 56.6 Å². The van der Waals surface area contributed by atoms with Gasteiger partial charge in [-0.1, -0.05) is 18.6 Å². The third kappa shape index (κ3) is 6.34. The highest BCUT2D eigenvalue weighted by atomic mass is 16.5. The van der Waals surface area contributed by atoms with Crippen LogP contribution in [0.25, 0.3) is 0 Å². The van der Waals surface area contributed by atoms with E-state index in [4.69, 9.17) is 4.74 Å². The fourth-order valence-corrected chi connectivity index (χ4v) is 3.44. The van der Waals surface area contributed by atoms with Crippen molar-refractivity contribution in [1.29, 1.82) is 0 Å². The van der Waals surface area contributed by atoms with Crippen LogP contribution in [-0.4, -0.2) is 52.1 Å². The molecule has 1 aliphatic rings. The van der Waals surface area contributed by atoms with Gasteiger partial charge in [0.25, 0.3) is 0 Å². The Kier molecular flexibility index (Phi) is 7.26. The number of piperidine rings is 1. The molecule has 3 rings (SSSR count). The molecule has 148 valence electrons. The maximum atomic E-state index is 10.2. The molecule has 1 atom stereocenters. The van der Waals surface area contributed by atoms with Crippen molar-refractivity contribution in [2.75, 3.05) is 26.2 Å². The summed E-state index contributed by atoms with van der Waals surface area (Å²) in [6.45, 7) is 6.82. The standard InChI is InChI=1S/C21H32N4O2/c1-17-12-19(23-24(17)2)14-22-13-18-6-8-21(9-7-18)27-16-20(26)15-25-10-4-3-5-11-25/h6-9,12,20,22,26H,3-5,10-11,13-16H2,1-2H3/t20-/m0/s1. The van der Waals surface area contributed by atoms with Crippen molar-refractivity contribution in [3.05, 3.63) is 47.3 Å². The minimum absolute atomic E-state index is 0.340. The first kappa shape index (κ1) is 19.9. The highest BCUT2D eigenvalue weighted by Gasteiger charge is 2.15. The van der Waals surface area contributed by atoms with E-state index in [0.29, 0.717) is 13.2 Å². The summed E-state index contributed by atoms with van der Waals surface area (Å²) in [5.74, 6) is 0.803. The minimum atomic E-state index is -0.439. The molecule has 2 aromatic rings. The highest BCUT2D eigenvalue weighted by Crippen LogP contribution is 2.14. The van der Waals surface area contributed by atoms with Gasteiger partial charge in [0, 0.05) is 32.4 Å². The predicted octanol–water partition coefficient (Wildman–Crippen LogP) is 2.24. The Morgan fingerprint density at radius 3 is 2.56 bits per heavy atom. The average molecular weight is 373 g/mol. The Balaban J connectivity index is 1.36. The quantitative estimate of drug-likeness (QED) is 0.707. The fourth-order valence-electron chi connectivity index (χ4n) is 3.44. The van der Waals surface area contributed by atoms with Gasteiger partial charge < -0.3 is 20.1 Å². The van der Waals surface area contributed by atoms with E-state index in [9.17, 15) is 5.11 Å². The van der Waals surface area contributed by atoms with E-state index >= 15 is 0 Å². The molecule has 27 heavy (non-hydrogen) atoms. The molecule has 0 aliphatic carbocycles. The lowest BCUT2D eigenvalue weighted by atomic mass is 10.1. The molecule has 0 bridgehead atoms.